The monoisotopic (exact) mass is 339 g/mol. The Morgan fingerprint density at radius 1 is 1.40 bits per heavy atom. The molecule has 6 heteroatoms. The summed E-state index contributed by atoms with van der Waals surface area (Å²) in [7, 11) is 3.96. The summed E-state index contributed by atoms with van der Waals surface area (Å²) >= 11 is 3.71. The second-order valence-electron chi connectivity index (χ2n) is 4.80. The van der Waals surface area contributed by atoms with Crippen molar-refractivity contribution in [2.75, 3.05) is 7.05 Å². The maximum Gasteiger partial charge on any atom is 0.0766 e. The van der Waals surface area contributed by atoms with Crippen molar-refractivity contribution in [1.29, 1.82) is 0 Å². The molecule has 0 saturated carbocycles. The maximum atomic E-state index is 4.66. The Labute approximate surface area is 128 Å². The molecule has 0 aromatic carbocycles. The van der Waals surface area contributed by atoms with Gasteiger partial charge in [-0.3, -0.25) is 9.36 Å². The van der Waals surface area contributed by atoms with Crippen LogP contribution < -0.4 is 5.32 Å². The highest BCUT2D eigenvalue weighted by molar-refractivity contribution is 9.10. The summed E-state index contributed by atoms with van der Waals surface area (Å²) in [5.74, 6) is 0. The summed E-state index contributed by atoms with van der Waals surface area (Å²) in [6, 6.07) is 2.29. The molecule has 0 aliphatic rings. The summed E-state index contributed by atoms with van der Waals surface area (Å²) in [6.07, 6.45) is 3.66. The Hall–Kier alpha value is -1.14. The van der Waals surface area contributed by atoms with Crippen LogP contribution in [-0.2, 0) is 26.4 Å². The fourth-order valence-electron chi connectivity index (χ4n) is 2.49. The van der Waals surface area contributed by atoms with Crippen LogP contribution in [0.15, 0.2) is 16.7 Å². The Morgan fingerprint density at radius 2 is 2.15 bits per heavy atom. The summed E-state index contributed by atoms with van der Waals surface area (Å²) in [4.78, 5) is 0. The molecule has 20 heavy (non-hydrogen) atoms. The third-order valence-corrected chi connectivity index (χ3v) is 4.57. The third-order valence-electron chi connectivity index (χ3n) is 3.66. The lowest BCUT2D eigenvalue weighted by atomic mass is 10.1. The van der Waals surface area contributed by atoms with E-state index in [1.54, 1.807) is 0 Å². The highest BCUT2D eigenvalue weighted by atomic mass is 79.9. The van der Waals surface area contributed by atoms with Gasteiger partial charge in [-0.2, -0.15) is 10.2 Å². The molecule has 1 N–H and O–H groups in total. The van der Waals surface area contributed by atoms with Crippen LogP contribution in [0.3, 0.4) is 0 Å². The first-order chi connectivity index (χ1) is 9.62. The van der Waals surface area contributed by atoms with Crippen LogP contribution in [0.4, 0.5) is 0 Å². The van der Waals surface area contributed by atoms with Crippen LogP contribution >= 0.6 is 15.9 Å². The van der Waals surface area contributed by atoms with Crippen molar-refractivity contribution in [2.24, 2.45) is 7.05 Å². The molecule has 1 atom stereocenters. The molecule has 0 fully saturated rings. The van der Waals surface area contributed by atoms with Crippen LogP contribution in [0, 0.1) is 0 Å². The molecule has 5 nitrogen and oxygen atoms in total. The Kier molecular flexibility index (Phi) is 4.99. The number of hydrogen-bond donors (Lipinski definition) is 1. The zero-order valence-electron chi connectivity index (χ0n) is 12.5. The van der Waals surface area contributed by atoms with Gasteiger partial charge in [0.1, 0.15) is 0 Å². The van der Waals surface area contributed by atoms with E-state index in [-0.39, 0.29) is 6.04 Å². The number of aromatic nitrogens is 4. The van der Waals surface area contributed by atoms with Gasteiger partial charge in [0.25, 0.3) is 0 Å². The van der Waals surface area contributed by atoms with Crippen molar-refractivity contribution >= 4 is 15.9 Å². The minimum absolute atomic E-state index is 0.227. The third kappa shape index (κ3) is 2.81. The number of rotatable bonds is 6. The maximum absolute atomic E-state index is 4.66. The molecule has 110 valence electrons. The highest BCUT2D eigenvalue weighted by Gasteiger charge is 2.20. The molecule has 0 aliphatic heterocycles. The van der Waals surface area contributed by atoms with Crippen LogP contribution in [0.1, 0.15) is 37.0 Å². The lowest BCUT2D eigenvalue weighted by Gasteiger charge is -2.17. The fraction of sp³-hybridized carbons (Fsp3) is 0.571. The minimum atomic E-state index is 0.227. The number of likely N-dealkylation sites (N-methyl/N-ethyl adjacent to an activating group) is 1. The molecule has 0 spiro atoms. The molecule has 0 saturated heterocycles. The lowest BCUT2D eigenvalue weighted by Crippen LogP contribution is -2.23. The Morgan fingerprint density at radius 3 is 2.65 bits per heavy atom. The molecule has 0 bridgehead atoms. The van der Waals surface area contributed by atoms with E-state index in [0.29, 0.717) is 0 Å². The fourth-order valence-corrected chi connectivity index (χ4v) is 3.21. The first kappa shape index (κ1) is 15.3. The van der Waals surface area contributed by atoms with Crippen molar-refractivity contribution in [3.63, 3.8) is 0 Å². The first-order valence-electron chi connectivity index (χ1n) is 7.01. The molecule has 2 aromatic rings. The Bertz CT molecular complexity index is 572. The van der Waals surface area contributed by atoms with E-state index in [2.05, 4.69) is 56.0 Å². The summed E-state index contributed by atoms with van der Waals surface area (Å²) in [6.45, 7) is 5.14. The van der Waals surface area contributed by atoms with E-state index < -0.39 is 0 Å². The topological polar surface area (TPSA) is 47.7 Å². The van der Waals surface area contributed by atoms with E-state index >= 15 is 0 Å². The van der Waals surface area contributed by atoms with Gasteiger partial charge in [-0.1, -0.05) is 6.92 Å². The van der Waals surface area contributed by atoms with Gasteiger partial charge in [-0.25, -0.2) is 0 Å². The summed E-state index contributed by atoms with van der Waals surface area (Å²) in [5.41, 5.74) is 3.55. The molecular formula is C14H22BrN5. The first-order valence-corrected chi connectivity index (χ1v) is 7.80. The number of nitrogens with one attached hydrogen (secondary N) is 1. The molecule has 1 unspecified atom stereocenters. The predicted molar refractivity (Wildman–Crippen MR) is 83.7 cm³/mol. The number of nitrogens with zero attached hydrogens (tertiary/aromatic N) is 4. The molecule has 2 heterocycles. The average molecular weight is 340 g/mol. The van der Waals surface area contributed by atoms with Gasteiger partial charge < -0.3 is 5.32 Å². The lowest BCUT2D eigenvalue weighted by molar-refractivity contribution is 0.507. The highest BCUT2D eigenvalue weighted by Crippen LogP contribution is 2.27. The van der Waals surface area contributed by atoms with Gasteiger partial charge in [0.15, 0.2) is 0 Å². The van der Waals surface area contributed by atoms with Crippen molar-refractivity contribution in [2.45, 2.75) is 39.3 Å². The normalized spacial score (nSPS) is 12.8. The molecule has 2 rings (SSSR count). The van der Waals surface area contributed by atoms with Crippen molar-refractivity contribution in [3.8, 4) is 0 Å². The second-order valence-corrected chi connectivity index (χ2v) is 5.59. The number of halogens is 1. The number of hydrogen-bond acceptors (Lipinski definition) is 3. The Balaban J connectivity index is 2.32. The van der Waals surface area contributed by atoms with Crippen molar-refractivity contribution < 1.29 is 0 Å². The molecular weight excluding hydrogens is 318 g/mol. The van der Waals surface area contributed by atoms with E-state index in [1.807, 2.05) is 25.0 Å². The van der Waals surface area contributed by atoms with Gasteiger partial charge in [0, 0.05) is 26.2 Å². The largest absolute Gasteiger partial charge is 0.311 e. The van der Waals surface area contributed by atoms with E-state index in [9.17, 15) is 0 Å². The average Bonchev–Trinajstić information content (AvgIpc) is 3.00. The SMILES string of the molecule is CCc1nn(CC)c(CC(NC)c2ccnn2C)c1Br. The van der Waals surface area contributed by atoms with Gasteiger partial charge in [-0.15, -0.1) is 0 Å². The molecule has 0 aliphatic carbocycles. The second kappa shape index (κ2) is 6.54. The molecule has 0 radical (unpaired) electrons. The summed E-state index contributed by atoms with van der Waals surface area (Å²) < 4.78 is 5.15. The zero-order chi connectivity index (χ0) is 14.7. The van der Waals surface area contributed by atoms with Crippen LogP contribution in [0.25, 0.3) is 0 Å². The van der Waals surface area contributed by atoms with Gasteiger partial charge in [0.05, 0.1) is 27.6 Å². The van der Waals surface area contributed by atoms with Crippen LogP contribution in [0.5, 0.6) is 0 Å². The number of aryl methyl sites for hydroxylation is 3. The van der Waals surface area contributed by atoms with Gasteiger partial charge in [0.2, 0.25) is 0 Å². The minimum Gasteiger partial charge on any atom is -0.311 e. The van der Waals surface area contributed by atoms with E-state index in [4.69, 9.17) is 0 Å². The van der Waals surface area contributed by atoms with Crippen LogP contribution in [-0.4, -0.2) is 26.6 Å². The van der Waals surface area contributed by atoms with Crippen molar-refractivity contribution in [3.05, 3.63) is 33.8 Å². The van der Waals surface area contributed by atoms with Crippen molar-refractivity contribution in [1.82, 2.24) is 24.9 Å². The molecule has 2 aromatic heterocycles. The standard InChI is InChI=1S/C14H22BrN5/c1-5-10-14(15)13(20(6-2)18-10)9-11(16-3)12-7-8-17-19(12)4/h7-8,11,16H,5-6,9H2,1-4H3. The zero-order valence-corrected chi connectivity index (χ0v) is 14.1. The molecule has 0 amide bonds. The smallest absolute Gasteiger partial charge is 0.0766 e. The predicted octanol–water partition coefficient (Wildman–Crippen LogP) is 2.46. The summed E-state index contributed by atoms with van der Waals surface area (Å²) in [5, 5.41) is 12.3. The van der Waals surface area contributed by atoms with E-state index in [1.165, 1.54) is 11.4 Å². The van der Waals surface area contributed by atoms with Gasteiger partial charge in [-0.05, 0) is 42.4 Å². The van der Waals surface area contributed by atoms with Gasteiger partial charge >= 0.3 is 0 Å². The van der Waals surface area contributed by atoms with Crippen LogP contribution in [0.2, 0.25) is 0 Å². The van der Waals surface area contributed by atoms with E-state index in [0.717, 1.165) is 29.6 Å². The quantitative estimate of drug-likeness (QED) is 0.879.